The predicted octanol–water partition coefficient (Wildman–Crippen LogP) is 27.0. The monoisotopic (exact) mass is 1560 g/mol. The van der Waals surface area contributed by atoms with Crippen LogP contribution in [0.2, 0.25) is 0 Å². The molecule has 0 rings (SSSR count). The van der Waals surface area contributed by atoms with Crippen molar-refractivity contribution in [1.82, 2.24) is 0 Å². The Kier molecular flexibility index (Phi) is 77.9. The van der Waals surface area contributed by atoms with E-state index in [-0.39, 0.29) is 25.7 Å². The van der Waals surface area contributed by atoms with Crippen molar-refractivity contribution >= 4 is 39.5 Å². The molecule has 0 aromatic heterocycles. The Morgan fingerprint density at radius 3 is 0.636 bits per heavy atom. The first-order valence-electron chi connectivity index (χ1n) is 45.5. The predicted molar refractivity (Wildman–Crippen MR) is 442 cm³/mol. The molecule has 5 atom stereocenters. The van der Waals surface area contributed by atoms with Crippen LogP contribution in [0.4, 0.5) is 0 Å². The summed E-state index contributed by atoms with van der Waals surface area (Å²) in [5.74, 6) is -0.526. The van der Waals surface area contributed by atoms with Crippen LogP contribution in [0, 0.1) is 11.8 Å². The number of hydrogen-bond donors (Lipinski definition) is 3. The molecule has 0 aliphatic rings. The Balaban J connectivity index is 5.21. The van der Waals surface area contributed by atoms with Crippen molar-refractivity contribution in [2.45, 2.75) is 490 Å². The number of hydrogen-bond acceptors (Lipinski definition) is 15. The second-order valence-electron chi connectivity index (χ2n) is 32.6. The summed E-state index contributed by atoms with van der Waals surface area (Å²) in [4.78, 5) is 73.2. The zero-order valence-electron chi connectivity index (χ0n) is 70.5. The second kappa shape index (κ2) is 79.3. The number of esters is 4. The second-order valence-corrected chi connectivity index (χ2v) is 35.5. The van der Waals surface area contributed by atoms with Crippen LogP contribution in [0.5, 0.6) is 0 Å². The summed E-state index contributed by atoms with van der Waals surface area (Å²) in [6.45, 7) is 9.70. The largest absolute Gasteiger partial charge is 0.472 e. The van der Waals surface area contributed by atoms with Gasteiger partial charge in [-0.1, -0.05) is 420 Å². The summed E-state index contributed by atoms with van der Waals surface area (Å²) in [5, 5.41) is 10.7. The van der Waals surface area contributed by atoms with Crippen LogP contribution in [0.1, 0.15) is 472 Å². The first kappa shape index (κ1) is 105. The third-order valence-corrected chi connectivity index (χ3v) is 22.6. The molecular weight excluding hydrogens is 1390 g/mol. The summed E-state index contributed by atoms with van der Waals surface area (Å²) in [6.07, 6.45) is 72.4. The highest BCUT2D eigenvalue weighted by Crippen LogP contribution is 2.45. The maximum Gasteiger partial charge on any atom is 0.472 e. The van der Waals surface area contributed by atoms with Gasteiger partial charge in [0, 0.05) is 25.7 Å². The molecule has 3 N–H and O–H groups in total. The first-order chi connectivity index (χ1) is 51.9. The van der Waals surface area contributed by atoms with E-state index >= 15 is 0 Å². The zero-order chi connectivity index (χ0) is 78.5. The molecule has 107 heavy (non-hydrogen) atoms. The average molecular weight is 1560 g/mol. The van der Waals surface area contributed by atoms with Gasteiger partial charge in [-0.2, -0.15) is 0 Å². The number of rotatable bonds is 87. The number of aliphatic hydroxyl groups is 1. The molecule has 0 heterocycles. The number of phosphoric acid groups is 2. The lowest BCUT2D eigenvalue weighted by Gasteiger charge is -2.21. The summed E-state index contributed by atoms with van der Waals surface area (Å²) >= 11 is 0. The van der Waals surface area contributed by atoms with Gasteiger partial charge in [-0.05, 0) is 37.5 Å². The lowest BCUT2D eigenvalue weighted by Crippen LogP contribution is -2.30. The van der Waals surface area contributed by atoms with Crippen molar-refractivity contribution in [3.05, 3.63) is 0 Å². The molecule has 2 unspecified atom stereocenters. The molecule has 0 radical (unpaired) electrons. The van der Waals surface area contributed by atoms with E-state index in [0.717, 1.165) is 102 Å². The van der Waals surface area contributed by atoms with Crippen LogP contribution in [0.25, 0.3) is 0 Å². The lowest BCUT2D eigenvalue weighted by atomic mass is 10.0. The quantitative estimate of drug-likeness (QED) is 0.0222. The third-order valence-electron chi connectivity index (χ3n) is 20.7. The average Bonchev–Trinajstić information content (AvgIpc) is 0.902. The highest BCUT2D eigenvalue weighted by Gasteiger charge is 2.30. The Morgan fingerprint density at radius 1 is 0.252 bits per heavy atom. The summed E-state index contributed by atoms with van der Waals surface area (Å²) in [5.41, 5.74) is 0. The fraction of sp³-hybridized carbons (Fsp3) is 0.955. The minimum Gasteiger partial charge on any atom is -0.462 e. The number of ether oxygens (including phenoxy) is 4. The van der Waals surface area contributed by atoms with Gasteiger partial charge in [-0.25, -0.2) is 9.13 Å². The van der Waals surface area contributed by atoms with E-state index in [9.17, 15) is 43.2 Å². The molecule has 19 heteroatoms. The van der Waals surface area contributed by atoms with Crippen LogP contribution in [-0.4, -0.2) is 96.7 Å². The molecule has 0 aromatic rings. The van der Waals surface area contributed by atoms with Crippen LogP contribution in [0.15, 0.2) is 0 Å². The molecule has 0 aliphatic carbocycles. The first-order valence-corrected chi connectivity index (χ1v) is 48.5. The number of carbonyl (C=O) groups is 4. The zero-order valence-corrected chi connectivity index (χ0v) is 72.2. The Hall–Kier alpha value is -1.94. The van der Waals surface area contributed by atoms with Crippen molar-refractivity contribution < 1.29 is 80.2 Å². The van der Waals surface area contributed by atoms with Gasteiger partial charge in [0.15, 0.2) is 12.2 Å². The minimum atomic E-state index is -4.97. The van der Waals surface area contributed by atoms with Gasteiger partial charge in [0.25, 0.3) is 0 Å². The standard InChI is InChI=1S/C88H172O17P2/c1-7-9-11-13-15-17-19-20-21-22-23-24-25-26-31-34-37-41-48-54-60-66-72-87(92)104-83(77-99-86(91)71-65-59-53-47-40-36-33-30-28-27-29-32-35-39-44-50-56-62-68-80(3)4)78-102-106(94,95)100-74-82(89)75-101-107(96,97)103-79-84(76-98-85(90)70-64-58-52-46-38-18-16-14-12-10-8-2)105-88(93)73-67-61-55-49-43-42-45-51-57-63-69-81(5)6/h80-84,89H,7-79H2,1-6H3,(H,94,95)(H,96,97)/t82-,83-,84-/m1/s1. The van der Waals surface area contributed by atoms with Gasteiger partial charge in [0.2, 0.25) is 0 Å². The normalized spacial score (nSPS) is 13.8. The molecule has 0 aliphatic heterocycles. The van der Waals surface area contributed by atoms with E-state index in [0.29, 0.717) is 25.7 Å². The molecule has 0 aromatic carbocycles. The molecule has 0 saturated heterocycles. The maximum atomic E-state index is 13.2. The van der Waals surface area contributed by atoms with Crippen LogP contribution in [0.3, 0.4) is 0 Å². The molecule has 17 nitrogen and oxygen atoms in total. The highest BCUT2D eigenvalue weighted by atomic mass is 31.2. The molecule has 0 amide bonds. The van der Waals surface area contributed by atoms with Crippen molar-refractivity contribution in [1.29, 1.82) is 0 Å². The molecule has 636 valence electrons. The number of unbranched alkanes of at least 4 members (excludes halogenated alkanes) is 57. The van der Waals surface area contributed by atoms with Gasteiger partial charge in [0.05, 0.1) is 26.4 Å². The minimum absolute atomic E-state index is 0.107. The van der Waals surface area contributed by atoms with Gasteiger partial charge in [-0.3, -0.25) is 37.3 Å². The molecule has 0 spiro atoms. The van der Waals surface area contributed by atoms with Crippen molar-refractivity contribution in [2.75, 3.05) is 39.6 Å². The molecule has 0 saturated carbocycles. The van der Waals surface area contributed by atoms with E-state index in [2.05, 4.69) is 41.5 Å². The lowest BCUT2D eigenvalue weighted by molar-refractivity contribution is -0.161. The van der Waals surface area contributed by atoms with E-state index < -0.39 is 97.5 Å². The maximum absolute atomic E-state index is 13.2. The highest BCUT2D eigenvalue weighted by molar-refractivity contribution is 7.47. The SMILES string of the molecule is CCCCCCCCCCCCCCCCCCCCCCCCC(=O)O[C@H](COC(=O)CCCCCCCCCCCCCCCCCCCCC(C)C)COP(=O)(O)OC[C@@H](O)COP(=O)(O)OC[C@@H](COC(=O)CCCCCCCCCCCCC)OC(=O)CCCCCCCCCCCCC(C)C. The van der Waals surface area contributed by atoms with E-state index in [1.54, 1.807) is 0 Å². The summed E-state index contributed by atoms with van der Waals surface area (Å²) in [7, 11) is -9.93. The van der Waals surface area contributed by atoms with Crippen LogP contribution < -0.4 is 0 Å². The van der Waals surface area contributed by atoms with Gasteiger partial charge in [0.1, 0.15) is 19.3 Å². The van der Waals surface area contributed by atoms with Crippen LogP contribution >= 0.6 is 15.6 Å². The summed E-state index contributed by atoms with van der Waals surface area (Å²) in [6, 6.07) is 0. The molecule has 0 fully saturated rings. The molecular formula is C88H172O17P2. The van der Waals surface area contributed by atoms with E-state index in [1.807, 2.05) is 0 Å². The van der Waals surface area contributed by atoms with Gasteiger partial charge in [-0.15, -0.1) is 0 Å². The number of aliphatic hydroxyl groups excluding tert-OH is 1. The van der Waals surface area contributed by atoms with Crippen LogP contribution in [-0.2, 0) is 65.4 Å². The van der Waals surface area contributed by atoms with Gasteiger partial charge >= 0.3 is 39.5 Å². The smallest absolute Gasteiger partial charge is 0.462 e. The van der Waals surface area contributed by atoms with Crippen molar-refractivity contribution in [3.63, 3.8) is 0 Å². The fourth-order valence-corrected chi connectivity index (χ4v) is 15.4. The van der Waals surface area contributed by atoms with Crippen molar-refractivity contribution in [2.24, 2.45) is 11.8 Å². The van der Waals surface area contributed by atoms with E-state index in [4.69, 9.17) is 37.0 Å². The number of carbonyl (C=O) groups excluding carboxylic acids is 4. The molecule has 0 bridgehead atoms. The third kappa shape index (κ3) is 81.9. The fourth-order valence-electron chi connectivity index (χ4n) is 13.8. The van der Waals surface area contributed by atoms with E-state index in [1.165, 1.54) is 289 Å². The number of phosphoric ester groups is 2. The Morgan fingerprint density at radius 2 is 0.430 bits per heavy atom. The Labute approximate surface area is 658 Å². The van der Waals surface area contributed by atoms with Crippen molar-refractivity contribution in [3.8, 4) is 0 Å². The Bertz CT molecular complexity index is 2050. The topological polar surface area (TPSA) is 237 Å². The van der Waals surface area contributed by atoms with Gasteiger partial charge < -0.3 is 33.8 Å². The summed E-state index contributed by atoms with van der Waals surface area (Å²) < 4.78 is 68.9.